The van der Waals surface area contributed by atoms with Crippen LogP contribution in [0.15, 0.2) is 54.7 Å². The van der Waals surface area contributed by atoms with Gasteiger partial charge in [0.25, 0.3) is 0 Å². The fourth-order valence-electron chi connectivity index (χ4n) is 4.47. The van der Waals surface area contributed by atoms with Crippen molar-refractivity contribution in [1.29, 1.82) is 0 Å². The summed E-state index contributed by atoms with van der Waals surface area (Å²) < 4.78 is 2.09. The lowest BCUT2D eigenvalue weighted by Crippen LogP contribution is -2.48. The third-order valence-corrected chi connectivity index (χ3v) is 6.10. The third-order valence-electron chi connectivity index (χ3n) is 6.10. The van der Waals surface area contributed by atoms with Gasteiger partial charge in [-0.05, 0) is 54.6 Å². The van der Waals surface area contributed by atoms with Gasteiger partial charge < -0.3 is 10.0 Å². The van der Waals surface area contributed by atoms with Crippen molar-refractivity contribution >= 4 is 0 Å². The molecule has 27 heavy (non-hydrogen) atoms. The number of aliphatic hydroxyl groups is 1. The number of fused-ring (bicyclic) bond motifs is 3. The Bertz CT molecular complexity index is 925. The molecule has 2 bridgehead atoms. The Morgan fingerprint density at radius 1 is 0.963 bits per heavy atom. The Hall–Kier alpha value is -2.50. The monoisotopic (exact) mass is 360 g/mol. The van der Waals surface area contributed by atoms with E-state index in [1.807, 2.05) is 12.1 Å². The van der Waals surface area contributed by atoms with Crippen molar-refractivity contribution in [3.8, 4) is 22.4 Å². The molecule has 5 nitrogen and oxygen atoms in total. The zero-order valence-corrected chi connectivity index (χ0v) is 15.3. The Labute approximate surface area is 159 Å². The quantitative estimate of drug-likeness (QED) is 0.775. The minimum absolute atomic E-state index is 0.0724. The van der Waals surface area contributed by atoms with E-state index in [9.17, 15) is 5.11 Å². The number of aromatic nitrogens is 3. The first kappa shape index (κ1) is 16.7. The van der Waals surface area contributed by atoms with Crippen molar-refractivity contribution in [2.24, 2.45) is 5.92 Å². The highest BCUT2D eigenvalue weighted by atomic mass is 16.3. The highest BCUT2D eigenvalue weighted by Crippen LogP contribution is 2.35. The minimum Gasteiger partial charge on any atom is -0.392 e. The second-order valence-electron chi connectivity index (χ2n) is 7.73. The van der Waals surface area contributed by atoms with E-state index in [0.717, 1.165) is 40.4 Å². The molecule has 1 aromatic heterocycles. The lowest BCUT2D eigenvalue weighted by molar-refractivity contribution is 0.0504. The first-order valence-corrected chi connectivity index (χ1v) is 9.75. The van der Waals surface area contributed by atoms with Crippen LogP contribution in [0.25, 0.3) is 22.4 Å². The number of piperidine rings is 3. The van der Waals surface area contributed by atoms with Crippen LogP contribution in [0.2, 0.25) is 0 Å². The van der Waals surface area contributed by atoms with Crippen molar-refractivity contribution < 1.29 is 5.11 Å². The molecule has 5 heteroatoms. The van der Waals surface area contributed by atoms with E-state index in [0.29, 0.717) is 6.04 Å². The van der Waals surface area contributed by atoms with E-state index < -0.39 is 0 Å². The fourth-order valence-corrected chi connectivity index (χ4v) is 4.47. The van der Waals surface area contributed by atoms with Gasteiger partial charge in [0.15, 0.2) is 0 Å². The number of nitrogens with zero attached hydrogens (tertiary/aromatic N) is 4. The zero-order valence-electron chi connectivity index (χ0n) is 15.3. The topological polar surface area (TPSA) is 54.2 Å². The summed E-state index contributed by atoms with van der Waals surface area (Å²) in [6.07, 6.45) is 4.67. The number of rotatable bonds is 4. The number of hydrogen-bond donors (Lipinski definition) is 1. The van der Waals surface area contributed by atoms with Crippen LogP contribution < -0.4 is 0 Å². The lowest BCUT2D eigenvalue weighted by atomic mass is 9.84. The predicted molar refractivity (Wildman–Crippen MR) is 105 cm³/mol. The van der Waals surface area contributed by atoms with Gasteiger partial charge in [-0.15, -0.1) is 5.10 Å². The second kappa shape index (κ2) is 6.91. The molecule has 3 aliphatic rings. The average Bonchev–Trinajstić information content (AvgIpc) is 3.25. The average molecular weight is 360 g/mol. The molecule has 3 aliphatic heterocycles. The first-order valence-electron chi connectivity index (χ1n) is 9.75. The number of hydrogen-bond acceptors (Lipinski definition) is 4. The van der Waals surface area contributed by atoms with E-state index in [1.54, 1.807) is 0 Å². The Morgan fingerprint density at radius 3 is 2.44 bits per heavy atom. The lowest BCUT2D eigenvalue weighted by Gasteiger charge is -2.44. The van der Waals surface area contributed by atoms with Crippen LogP contribution in [-0.2, 0) is 6.61 Å². The Morgan fingerprint density at radius 2 is 1.74 bits per heavy atom. The molecule has 0 unspecified atom stereocenters. The molecule has 138 valence electrons. The van der Waals surface area contributed by atoms with Gasteiger partial charge >= 0.3 is 0 Å². The van der Waals surface area contributed by atoms with Gasteiger partial charge in [-0.2, -0.15) is 0 Å². The van der Waals surface area contributed by atoms with Gasteiger partial charge in [-0.3, -0.25) is 0 Å². The van der Waals surface area contributed by atoms with Crippen LogP contribution in [0.5, 0.6) is 0 Å². The standard InChI is InChI=1S/C22H24N4O/c27-15-16-4-6-17(7-5-16)19-2-1-3-20(12-19)21-13-26(24-23-21)22-14-25-10-8-18(22)9-11-25/h1-7,12-13,18,22,27H,8-11,14-15H2/t22-/m0/s1. The van der Waals surface area contributed by atoms with Crippen LogP contribution in [0.1, 0.15) is 24.4 Å². The maximum Gasteiger partial charge on any atom is 0.113 e. The van der Waals surface area contributed by atoms with Crippen molar-refractivity contribution in [3.05, 3.63) is 60.3 Å². The summed E-state index contributed by atoms with van der Waals surface area (Å²) in [7, 11) is 0. The number of benzene rings is 2. The van der Waals surface area contributed by atoms with Crippen molar-refractivity contribution in [3.63, 3.8) is 0 Å². The van der Waals surface area contributed by atoms with Crippen LogP contribution in [-0.4, -0.2) is 44.6 Å². The minimum atomic E-state index is 0.0724. The fraction of sp³-hybridized carbons (Fsp3) is 0.364. The summed E-state index contributed by atoms with van der Waals surface area (Å²) in [5.74, 6) is 0.737. The molecule has 1 N–H and O–H groups in total. The predicted octanol–water partition coefficient (Wildman–Crippen LogP) is 3.37. The summed E-state index contributed by atoms with van der Waals surface area (Å²) in [6, 6.07) is 16.9. The summed E-state index contributed by atoms with van der Waals surface area (Å²) in [6.45, 7) is 3.65. The summed E-state index contributed by atoms with van der Waals surface area (Å²) in [5, 5.41) is 18.2. The summed E-state index contributed by atoms with van der Waals surface area (Å²) >= 11 is 0. The first-order chi connectivity index (χ1) is 13.3. The van der Waals surface area contributed by atoms with Gasteiger partial charge in [0.2, 0.25) is 0 Å². The van der Waals surface area contributed by atoms with Crippen molar-refractivity contribution in [2.45, 2.75) is 25.5 Å². The Kier molecular flexibility index (Phi) is 4.26. The molecule has 0 aliphatic carbocycles. The van der Waals surface area contributed by atoms with E-state index in [1.165, 1.54) is 25.9 Å². The van der Waals surface area contributed by atoms with Crippen LogP contribution >= 0.6 is 0 Å². The van der Waals surface area contributed by atoms with Crippen LogP contribution in [0, 0.1) is 5.92 Å². The van der Waals surface area contributed by atoms with Gasteiger partial charge in [-0.1, -0.05) is 47.7 Å². The molecular weight excluding hydrogens is 336 g/mol. The van der Waals surface area contributed by atoms with E-state index in [-0.39, 0.29) is 6.61 Å². The molecule has 0 spiro atoms. The molecular formula is C22H24N4O. The molecule has 0 amide bonds. The molecule has 0 radical (unpaired) electrons. The number of aliphatic hydroxyl groups excluding tert-OH is 1. The Balaban J connectivity index is 1.41. The molecule has 3 saturated heterocycles. The van der Waals surface area contributed by atoms with E-state index >= 15 is 0 Å². The maximum atomic E-state index is 9.22. The molecule has 1 atom stereocenters. The van der Waals surface area contributed by atoms with E-state index in [4.69, 9.17) is 0 Å². The molecule has 0 saturated carbocycles. The van der Waals surface area contributed by atoms with E-state index in [2.05, 4.69) is 62.5 Å². The van der Waals surface area contributed by atoms with Crippen molar-refractivity contribution in [2.75, 3.05) is 19.6 Å². The highest BCUT2D eigenvalue weighted by molar-refractivity contribution is 5.71. The van der Waals surface area contributed by atoms with Crippen molar-refractivity contribution in [1.82, 2.24) is 19.9 Å². The normalized spacial score (nSPS) is 24.3. The van der Waals surface area contributed by atoms with Gasteiger partial charge in [0.1, 0.15) is 5.69 Å². The van der Waals surface area contributed by atoms with Gasteiger partial charge in [0, 0.05) is 12.1 Å². The molecule has 3 fully saturated rings. The third kappa shape index (κ3) is 3.17. The second-order valence-corrected chi connectivity index (χ2v) is 7.73. The largest absolute Gasteiger partial charge is 0.392 e. The highest BCUT2D eigenvalue weighted by Gasteiger charge is 2.35. The maximum absolute atomic E-state index is 9.22. The molecule has 4 heterocycles. The van der Waals surface area contributed by atoms with Gasteiger partial charge in [0.05, 0.1) is 18.8 Å². The molecule has 2 aromatic carbocycles. The van der Waals surface area contributed by atoms with Crippen LogP contribution in [0.4, 0.5) is 0 Å². The molecule has 3 aromatic rings. The zero-order chi connectivity index (χ0) is 18.2. The molecule has 6 rings (SSSR count). The summed E-state index contributed by atoms with van der Waals surface area (Å²) in [4.78, 5) is 2.54. The van der Waals surface area contributed by atoms with Gasteiger partial charge in [-0.25, -0.2) is 4.68 Å². The smallest absolute Gasteiger partial charge is 0.113 e. The van der Waals surface area contributed by atoms with Crippen LogP contribution in [0.3, 0.4) is 0 Å². The summed E-state index contributed by atoms with van der Waals surface area (Å²) in [5.41, 5.74) is 5.23. The SMILES string of the molecule is OCc1ccc(-c2cccc(-c3cn([C@H]4CN5CCC4CC5)nn3)c2)cc1.